The fourth-order valence-corrected chi connectivity index (χ4v) is 3.09. The van der Waals surface area contributed by atoms with Crippen LogP contribution in [0.25, 0.3) is 0 Å². The van der Waals surface area contributed by atoms with Gasteiger partial charge in [0.05, 0.1) is 11.6 Å². The van der Waals surface area contributed by atoms with E-state index in [0.29, 0.717) is 17.2 Å². The van der Waals surface area contributed by atoms with E-state index in [9.17, 15) is 9.59 Å². The maximum absolute atomic E-state index is 12.5. The van der Waals surface area contributed by atoms with Gasteiger partial charge < -0.3 is 10.1 Å². The first-order valence-corrected chi connectivity index (χ1v) is 10.7. The van der Waals surface area contributed by atoms with Gasteiger partial charge in [-0.05, 0) is 55.2 Å². The van der Waals surface area contributed by atoms with Crippen molar-refractivity contribution in [3.63, 3.8) is 0 Å². The van der Waals surface area contributed by atoms with Gasteiger partial charge in [-0.3, -0.25) is 15.1 Å². The minimum Gasteiger partial charge on any atom is -0.444 e. The van der Waals surface area contributed by atoms with Crippen LogP contribution in [0.3, 0.4) is 0 Å². The van der Waals surface area contributed by atoms with Gasteiger partial charge >= 0.3 is 6.09 Å². The normalized spacial score (nSPS) is 11.7. The Kier molecular flexibility index (Phi) is 7.60. The van der Waals surface area contributed by atoms with Gasteiger partial charge in [-0.15, -0.1) is 0 Å². The Morgan fingerprint density at radius 1 is 0.969 bits per heavy atom. The van der Waals surface area contributed by atoms with E-state index in [0.717, 1.165) is 22.4 Å². The highest BCUT2D eigenvalue weighted by molar-refractivity contribution is 5.94. The number of nitrogens with one attached hydrogen (secondary N) is 2. The van der Waals surface area contributed by atoms with Crippen molar-refractivity contribution >= 4 is 17.7 Å². The second-order valence-corrected chi connectivity index (χ2v) is 8.13. The summed E-state index contributed by atoms with van der Waals surface area (Å²) in [5.41, 5.74) is 5.10. The van der Waals surface area contributed by atoms with Crippen LogP contribution in [-0.4, -0.2) is 17.0 Å². The lowest BCUT2D eigenvalue weighted by molar-refractivity contribution is 0.0939. The van der Waals surface area contributed by atoms with Crippen molar-refractivity contribution in [2.75, 3.05) is 5.32 Å². The van der Waals surface area contributed by atoms with Crippen LogP contribution in [0.4, 0.5) is 10.5 Å². The van der Waals surface area contributed by atoms with Crippen LogP contribution < -0.4 is 10.6 Å². The number of anilines is 1. The quantitative estimate of drug-likeness (QED) is 0.460. The average molecular weight is 436 g/mol. The van der Waals surface area contributed by atoms with Crippen molar-refractivity contribution in [1.29, 1.82) is 0 Å². The standard InChI is InChI=1S/C26H29N3O3.2H2/c1-17(2)24-14-11-22(15-27-24)25(30)28-19(4)21-9-12-23(13-10-21)29-26(31)32-16-20-7-5-18(3)6-8-20;;/h5-15,17,19H,16H2,1-4H3,(H,28,30)(H,29,31);2*1H/t19-;;/m0../s1. The summed E-state index contributed by atoms with van der Waals surface area (Å²) in [5.74, 6) is 0.139. The third-order valence-corrected chi connectivity index (χ3v) is 5.14. The number of carbonyl (C=O) groups excluding carboxylic acids is 2. The molecule has 0 aliphatic rings. The van der Waals surface area contributed by atoms with Crippen molar-refractivity contribution in [1.82, 2.24) is 10.3 Å². The van der Waals surface area contributed by atoms with E-state index >= 15 is 0 Å². The maximum atomic E-state index is 12.5. The molecule has 0 radical (unpaired) electrons. The highest BCUT2D eigenvalue weighted by Crippen LogP contribution is 2.18. The van der Waals surface area contributed by atoms with Crippen molar-refractivity contribution in [3.8, 4) is 0 Å². The van der Waals surface area contributed by atoms with Gasteiger partial charge in [-0.1, -0.05) is 55.8 Å². The fraction of sp³-hybridized carbons (Fsp3) is 0.269. The number of benzene rings is 2. The molecule has 1 aromatic heterocycles. The number of aryl methyl sites for hydroxylation is 1. The van der Waals surface area contributed by atoms with E-state index in [1.54, 1.807) is 24.4 Å². The summed E-state index contributed by atoms with van der Waals surface area (Å²) >= 11 is 0. The Balaban J connectivity index is 0.00000289. The number of hydrogen-bond donors (Lipinski definition) is 2. The number of aromatic nitrogens is 1. The van der Waals surface area contributed by atoms with Crippen LogP contribution in [0, 0.1) is 6.92 Å². The zero-order valence-corrected chi connectivity index (χ0v) is 18.9. The van der Waals surface area contributed by atoms with E-state index < -0.39 is 6.09 Å². The van der Waals surface area contributed by atoms with Gasteiger partial charge in [-0.25, -0.2) is 4.79 Å². The minimum absolute atomic E-state index is 0. The molecule has 1 heterocycles. The monoisotopic (exact) mass is 435 g/mol. The fourth-order valence-electron chi connectivity index (χ4n) is 3.09. The summed E-state index contributed by atoms with van der Waals surface area (Å²) in [7, 11) is 0. The molecule has 170 valence electrons. The van der Waals surface area contributed by atoms with Crippen molar-refractivity contribution in [2.24, 2.45) is 0 Å². The number of nitrogens with zero attached hydrogens (tertiary/aromatic N) is 1. The van der Waals surface area contributed by atoms with E-state index in [1.165, 1.54) is 0 Å². The van der Waals surface area contributed by atoms with Crippen molar-refractivity contribution in [2.45, 2.75) is 46.3 Å². The van der Waals surface area contributed by atoms with Crippen LogP contribution >= 0.6 is 0 Å². The van der Waals surface area contributed by atoms with Gasteiger partial charge in [0.25, 0.3) is 5.91 Å². The molecule has 0 saturated heterocycles. The third kappa shape index (κ3) is 6.41. The summed E-state index contributed by atoms with van der Waals surface area (Å²) in [6.45, 7) is 8.25. The topological polar surface area (TPSA) is 80.3 Å². The molecule has 0 fully saturated rings. The number of carbonyl (C=O) groups is 2. The smallest absolute Gasteiger partial charge is 0.411 e. The van der Waals surface area contributed by atoms with Gasteiger partial charge in [0, 0.05) is 20.4 Å². The SMILES string of the molecule is Cc1ccc(COC(=O)Nc2ccc([C@H](C)NC(=O)c3ccc(C(C)C)nc3)cc2)cc1.[HH].[HH]. The molecular weight excluding hydrogens is 402 g/mol. The lowest BCUT2D eigenvalue weighted by Crippen LogP contribution is -2.26. The molecule has 6 nitrogen and oxygen atoms in total. The highest BCUT2D eigenvalue weighted by Gasteiger charge is 2.13. The number of ether oxygens (including phenoxy) is 1. The minimum atomic E-state index is -0.517. The van der Waals surface area contributed by atoms with E-state index in [1.807, 2.05) is 56.3 Å². The van der Waals surface area contributed by atoms with Crippen LogP contribution in [-0.2, 0) is 11.3 Å². The molecule has 0 aliphatic carbocycles. The molecule has 1 atom stereocenters. The maximum Gasteiger partial charge on any atom is 0.411 e. The van der Waals surface area contributed by atoms with E-state index in [2.05, 4.69) is 29.5 Å². The first-order chi connectivity index (χ1) is 15.3. The first-order valence-electron chi connectivity index (χ1n) is 10.7. The number of amides is 2. The molecule has 0 aliphatic heterocycles. The summed E-state index contributed by atoms with van der Waals surface area (Å²) in [5, 5.41) is 5.69. The van der Waals surface area contributed by atoms with Crippen molar-refractivity contribution < 1.29 is 17.2 Å². The largest absolute Gasteiger partial charge is 0.444 e. The van der Waals surface area contributed by atoms with E-state index in [-0.39, 0.29) is 21.4 Å². The molecule has 0 unspecified atom stereocenters. The lowest BCUT2D eigenvalue weighted by atomic mass is 10.1. The van der Waals surface area contributed by atoms with Gasteiger partial charge in [0.15, 0.2) is 0 Å². The van der Waals surface area contributed by atoms with Gasteiger partial charge in [-0.2, -0.15) is 0 Å². The molecule has 3 aromatic rings. The van der Waals surface area contributed by atoms with Gasteiger partial charge in [0.2, 0.25) is 0 Å². The summed E-state index contributed by atoms with van der Waals surface area (Å²) in [4.78, 5) is 28.9. The third-order valence-electron chi connectivity index (χ3n) is 5.14. The lowest BCUT2D eigenvalue weighted by Gasteiger charge is -2.15. The Hall–Kier alpha value is -3.67. The number of pyridine rings is 1. The molecule has 0 bridgehead atoms. The predicted molar refractivity (Wildman–Crippen MR) is 130 cm³/mol. The van der Waals surface area contributed by atoms with Gasteiger partial charge in [0.1, 0.15) is 6.61 Å². The molecule has 3 rings (SSSR count). The Labute approximate surface area is 192 Å². The molecule has 0 saturated carbocycles. The second kappa shape index (κ2) is 10.6. The molecule has 2 N–H and O–H groups in total. The van der Waals surface area contributed by atoms with Crippen LogP contribution in [0.15, 0.2) is 66.9 Å². The van der Waals surface area contributed by atoms with Crippen molar-refractivity contribution in [3.05, 3.63) is 94.8 Å². The van der Waals surface area contributed by atoms with Crippen LogP contribution in [0.5, 0.6) is 0 Å². The number of hydrogen-bond acceptors (Lipinski definition) is 4. The summed E-state index contributed by atoms with van der Waals surface area (Å²) in [6.07, 6.45) is 1.09. The van der Waals surface area contributed by atoms with E-state index in [4.69, 9.17) is 4.74 Å². The zero-order valence-electron chi connectivity index (χ0n) is 18.9. The Morgan fingerprint density at radius 2 is 1.66 bits per heavy atom. The predicted octanol–water partition coefficient (Wildman–Crippen LogP) is 6.25. The summed E-state index contributed by atoms with van der Waals surface area (Å²) in [6, 6.07) is 18.6. The summed E-state index contributed by atoms with van der Waals surface area (Å²) < 4.78 is 5.26. The first kappa shape index (κ1) is 23.0. The Morgan fingerprint density at radius 3 is 2.25 bits per heavy atom. The van der Waals surface area contributed by atoms with Crippen LogP contribution in [0.1, 0.15) is 68.3 Å². The molecule has 2 aromatic carbocycles. The molecule has 0 spiro atoms. The molecule has 6 heteroatoms. The molecule has 2 amide bonds. The average Bonchev–Trinajstić information content (AvgIpc) is 2.79. The van der Waals surface area contributed by atoms with Crippen LogP contribution in [0.2, 0.25) is 0 Å². The second-order valence-electron chi connectivity index (χ2n) is 8.13. The molecular formula is C26H33N3O3. The molecule has 32 heavy (non-hydrogen) atoms. The number of rotatable bonds is 7. The zero-order chi connectivity index (χ0) is 23.1. The Bertz CT molecular complexity index is 1050. The highest BCUT2D eigenvalue weighted by atomic mass is 16.5.